The van der Waals surface area contributed by atoms with Gasteiger partial charge in [-0.15, -0.1) is 11.8 Å². The number of carbonyl (C=O) groups excluding carboxylic acids is 2. The van der Waals surface area contributed by atoms with Crippen molar-refractivity contribution >= 4 is 23.6 Å². The van der Waals surface area contributed by atoms with Crippen LogP contribution in [0.3, 0.4) is 0 Å². The Kier molecular flexibility index (Phi) is 6.40. The molecule has 0 aromatic carbocycles. The van der Waals surface area contributed by atoms with Gasteiger partial charge in [-0.3, -0.25) is 9.59 Å². The third-order valence-electron chi connectivity index (χ3n) is 1.38. The minimum Gasteiger partial charge on any atom is -0.465 e. The molecule has 13 heavy (non-hydrogen) atoms. The summed E-state index contributed by atoms with van der Waals surface area (Å²) in [7, 11) is 0. The first-order chi connectivity index (χ1) is 6.07. The smallest absolute Gasteiger partial charge is 0.315 e. The predicted molar refractivity (Wildman–Crippen MR) is 52.3 cm³/mol. The van der Waals surface area contributed by atoms with Crippen LogP contribution in [0.1, 0.15) is 13.8 Å². The third-order valence-corrected chi connectivity index (χ3v) is 2.55. The first kappa shape index (κ1) is 12.3. The zero-order chi connectivity index (χ0) is 10.3. The number of nitrogens with two attached hydrogens (primary N) is 1. The van der Waals surface area contributed by atoms with Crippen molar-refractivity contribution in [3.05, 3.63) is 0 Å². The predicted octanol–water partition coefficient (Wildman–Crippen LogP) is 0.404. The molecule has 0 aliphatic carbocycles. The monoisotopic (exact) mass is 205 g/mol. The van der Waals surface area contributed by atoms with Crippen molar-refractivity contribution < 1.29 is 14.3 Å². The molecule has 0 radical (unpaired) electrons. The summed E-state index contributed by atoms with van der Waals surface area (Å²) in [6.45, 7) is 3.89. The molecular weight excluding hydrogens is 190 g/mol. The van der Waals surface area contributed by atoms with Crippen molar-refractivity contribution in [2.45, 2.75) is 13.8 Å². The lowest BCUT2D eigenvalue weighted by molar-refractivity contribution is -0.139. The van der Waals surface area contributed by atoms with Crippen LogP contribution in [0.15, 0.2) is 0 Å². The molecule has 1 unspecified atom stereocenters. The molecule has 76 valence electrons. The van der Waals surface area contributed by atoms with Crippen LogP contribution < -0.4 is 5.73 Å². The molecule has 0 saturated heterocycles. The van der Waals surface area contributed by atoms with Gasteiger partial charge in [-0.25, -0.2) is 0 Å². The second-order valence-corrected chi connectivity index (χ2v) is 3.65. The number of ether oxygens (including phenoxy) is 1. The Hall–Kier alpha value is -0.710. The summed E-state index contributed by atoms with van der Waals surface area (Å²) in [5, 5.41) is 0. The van der Waals surface area contributed by atoms with Crippen LogP contribution in [-0.2, 0) is 14.3 Å². The van der Waals surface area contributed by atoms with Crippen molar-refractivity contribution in [2.24, 2.45) is 11.7 Å². The number of carbonyl (C=O) groups is 2. The summed E-state index contributed by atoms with van der Waals surface area (Å²) in [6.07, 6.45) is 0. The first-order valence-electron chi connectivity index (χ1n) is 4.10. The van der Waals surface area contributed by atoms with Crippen LogP contribution in [0.4, 0.5) is 0 Å². The number of hydrogen-bond acceptors (Lipinski definition) is 4. The molecule has 2 N–H and O–H groups in total. The lowest BCUT2D eigenvalue weighted by atomic mass is 10.2. The largest absolute Gasteiger partial charge is 0.465 e. The minimum absolute atomic E-state index is 0.195. The van der Waals surface area contributed by atoms with Gasteiger partial charge in [-0.05, 0) is 6.92 Å². The molecule has 0 heterocycles. The molecule has 1 amide bonds. The van der Waals surface area contributed by atoms with E-state index in [4.69, 9.17) is 10.5 Å². The van der Waals surface area contributed by atoms with Crippen LogP contribution in [0, 0.1) is 5.92 Å². The summed E-state index contributed by atoms with van der Waals surface area (Å²) in [4.78, 5) is 21.4. The van der Waals surface area contributed by atoms with Crippen LogP contribution in [0.2, 0.25) is 0 Å². The number of primary amides is 1. The van der Waals surface area contributed by atoms with Gasteiger partial charge in [0.05, 0.1) is 12.4 Å². The zero-order valence-electron chi connectivity index (χ0n) is 7.91. The van der Waals surface area contributed by atoms with Gasteiger partial charge in [0.2, 0.25) is 5.91 Å². The van der Waals surface area contributed by atoms with Crippen LogP contribution in [0.25, 0.3) is 0 Å². The van der Waals surface area contributed by atoms with E-state index in [2.05, 4.69) is 0 Å². The number of rotatable bonds is 6. The fourth-order valence-corrected chi connectivity index (χ4v) is 1.49. The highest BCUT2D eigenvalue weighted by molar-refractivity contribution is 7.99. The summed E-state index contributed by atoms with van der Waals surface area (Å²) < 4.78 is 4.71. The van der Waals surface area contributed by atoms with Gasteiger partial charge in [-0.2, -0.15) is 0 Å². The highest BCUT2D eigenvalue weighted by atomic mass is 32.2. The molecule has 0 spiro atoms. The Morgan fingerprint density at radius 2 is 2.15 bits per heavy atom. The first-order valence-corrected chi connectivity index (χ1v) is 5.26. The average Bonchev–Trinajstić information content (AvgIpc) is 2.04. The molecule has 0 rings (SSSR count). The Bertz CT molecular complexity index is 184. The lowest BCUT2D eigenvalue weighted by Crippen LogP contribution is -2.22. The number of amides is 1. The number of hydrogen-bond donors (Lipinski definition) is 1. The SMILES string of the molecule is CCOC(=O)CSCC(C)C(N)=O. The Balaban J connectivity index is 3.44. The molecule has 1 atom stereocenters. The average molecular weight is 205 g/mol. The quantitative estimate of drug-likeness (QED) is 0.637. The van der Waals surface area contributed by atoms with Gasteiger partial charge >= 0.3 is 5.97 Å². The topological polar surface area (TPSA) is 69.4 Å². The summed E-state index contributed by atoms with van der Waals surface area (Å²) in [5.41, 5.74) is 5.04. The van der Waals surface area contributed by atoms with Gasteiger partial charge in [0, 0.05) is 11.7 Å². The van der Waals surface area contributed by atoms with Gasteiger partial charge in [0.1, 0.15) is 0 Å². The Morgan fingerprint density at radius 1 is 1.54 bits per heavy atom. The molecule has 0 aliphatic rings. The van der Waals surface area contributed by atoms with E-state index in [9.17, 15) is 9.59 Å². The molecule has 0 bridgehead atoms. The molecule has 0 aliphatic heterocycles. The Morgan fingerprint density at radius 3 is 2.62 bits per heavy atom. The number of thioether (sulfide) groups is 1. The van der Waals surface area contributed by atoms with Crippen LogP contribution in [-0.4, -0.2) is 30.0 Å². The molecule has 4 nitrogen and oxygen atoms in total. The van der Waals surface area contributed by atoms with E-state index in [1.165, 1.54) is 11.8 Å². The molecular formula is C8H15NO3S. The van der Waals surface area contributed by atoms with Crippen LogP contribution in [0.5, 0.6) is 0 Å². The van der Waals surface area contributed by atoms with Crippen LogP contribution >= 0.6 is 11.8 Å². The van der Waals surface area contributed by atoms with E-state index in [1.54, 1.807) is 13.8 Å². The molecule has 0 fully saturated rings. The van der Waals surface area contributed by atoms with E-state index < -0.39 is 0 Å². The fourth-order valence-electron chi connectivity index (χ4n) is 0.604. The maximum absolute atomic E-state index is 10.8. The van der Waals surface area contributed by atoms with E-state index in [0.29, 0.717) is 12.4 Å². The lowest BCUT2D eigenvalue weighted by Gasteiger charge is -2.05. The Labute approximate surface area is 82.2 Å². The van der Waals surface area contributed by atoms with Crippen molar-refractivity contribution in [3.8, 4) is 0 Å². The molecule has 0 aromatic heterocycles. The number of esters is 1. The van der Waals surface area contributed by atoms with E-state index in [0.717, 1.165) is 0 Å². The van der Waals surface area contributed by atoms with E-state index in [1.807, 2.05) is 0 Å². The normalized spacial score (nSPS) is 12.2. The standard InChI is InChI=1S/C8H15NO3S/c1-3-12-7(10)5-13-4-6(2)8(9)11/h6H,3-5H2,1-2H3,(H2,9,11). The highest BCUT2D eigenvalue weighted by Crippen LogP contribution is 2.07. The molecule has 0 saturated carbocycles. The second-order valence-electron chi connectivity index (χ2n) is 2.62. The van der Waals surface area contributed by atoms with Crippen molar-refractivity contribution in [1.82, 2.24) is 0 Å². The van der Waals surface area contributed by atoms with Gasteiger partial charge in [0.25, 0.3) is 0 Å². The van der Waals surface area contributed by atoms with Crippen molar-refractivity contribution in [2.75, 3.05) is 18.1 Å². The highest BCUT2D eigenvalue weighted by Gasteiger charge is 2.09. The van der Waals surface area contributed by atoms with Crippen molar-refractivity contribution in [1.29, 1.82) is 0 Å². The van der Waals surface area contributed by atoms with E-state index >= 15 is 0 Å². The fraction of sp³-hybridized carbons (Fsp3) is 0.750. The van der Waals surface area contributed by atoms with Gasteiger partial charge in [-0.1, -0.05) is 6.92 Å². The van der Waals surface area contributed by atoms with Gasteiger partial charge < -0.3 is 10.5 Å². The maximum atomic E-state index is 10.8. The van der Waals surface area contributed by atoms with Gasteiger partial charge in [0.15, 0.2) is 0 Å². The van der Waals surface area contributed by atoms with E-state index in [-0.39, 0.29) is 23.5 Å². The minimum atomic E-state index is -0.337. The summed E-state index contributed by atoms with van der Waals surface area (Å²) >= 11 is 1.36. The second kappa shape index (κ2) is 6.77. The zero-order valence-corrected chi connectivity index (χ0v) is 8.73. The summed E-state index contributed by atoms with van der Waals surface area (Å²) in [6, 6.07) is 0. The molecule has 0 aromatic rings. The third kappa shape index (κ3) is 6.45. The van der Waals surface area contributed by atoms with Crippen molar-refractivity contribution in [3.63, 3.8) is 0 Å². The molecule has 5 heteroatoms. The maximum Gasteiger partial charge on any atom is 0.315 e. The summed E-state index contributed by atoms with van der Waals surface area (Å²) in [5.74, 6) is 0.0690.